The minimum Gasteiger partial charge on any atom is -0.364 e. The summed E-state index contributed by atoms with van der Waals surface area (Å²) in [4.78, 5) is 10.8. The van der Waals surface area contributed by atoms with Gasteiger partial charge < -0.3 is 5.32 Å². The standard InChI is InChI=1S/C12H20N4O2S/c1-8(2)15-12(11(16(17)18)9(3)14-15)13-6-10-4-5-19-7-10/h8,10,13H,4-7H2,1-3H3. The van der Waals surface area contributed by atoms with Crippen LogP contribution < -0.4 is 5.32 Å². The second-order valence-electron chi connectivity index (χ2n) is 5.19. The number of nitro groups is 1. The van der Waals surface area contributed by atoms with Gasteiger partial charge >= 0.3 is 5.69 Å². The van der Waals surface area contributed by atoms with E-state index in [0.717, 1.165) is 12.3 Å². The molecule has 1 aromatic rings. The average molecular weight is 284 g/mol. The number of nitrogens with zero attached hydrogens (tertiary/aromatic N) is 3. The molecule has 7 heteroatoms. The fourth-order valence-electron chi connectivity index (χ4n) is 2.28. The fourth-order valence-corrected chi connectivity index (χ4v) is 3.57. The van der Waals surface area contributed by atoms with Gasteiger partial charge in [0.05, 0.1) is 4.92 Å². The van der Waals surface area contributed by atoms with Crippen LogP contribution in [-0.4, -0.2) is 32.8 Å². The maximum atomic E-state index is 11.2. The van der Waals surface area contributed by atoms with E-state index in [0.29, 0.717) is 17.4 Å². The molecule has 6 nitrogen and oxygen atoms in total. The van der Waals surface area contributed by atoms with Crippen LogP contribution in [0.15, 0.2) is 0 Å². The highest BCUT2D eigenvalue weighted by molar-refractivity contribution is 7.99. The van der Waals surface area contributed by atoms with Crippen molar-refractivity contribution >= 4 is 23.3 Å². The lowest BCUT2D eigenvalue weighted by molar-refractivity contribution is -0.384. The third kappa shape index (κ3) is 3.02. The van der Waals surface area contributed by atoms with E-state index in [9.17, 15) is 10.1 Å². The molecular formula is C12H20N4O2S. The van der Waals surface area contributed by atoms with Crippen molar-refractivity contribution in [1.82, 2.24) is 9.78 Å². The Labute approximate surface area is 117 Å². The van der Waals surface area contributed by atoms with E-state index in [2.05, 4.69) is 10.4 Å². The van der Waals surface area contributed by atoms with E-state index >= 15 is 0 Å². The van der Waals surface area contributed by atoms with Crippen molar-refractivity contribution in [3.8, 4) is 0 Å². The van der Waals surface area contributed by atoms with Crippen LogP contribution in [0.2, 0.25) is 0 Å². The minimum atomic E-state index is -0.340. The third-order valence-corrected chi connectivity index (χ3v) is 4.54. The Hall–Kier alpha value is -1.24. The summed E-state index contributed by atoms with van der Waals surface area (Å²) < 4.78 is 1.72. The molecule has 1 atom stereocenters. The topological polar surface area (TPSA) is 73.0 Å². The summed E-state index contributed by atoms with van der Waals surface area (Å²) in [7, 11) is 0. The molecule has 0 aliphatic carbocycles. The van der Waals surface area contributed by atoms with Gasteiger partial charge in [0.15, 0.2) is 0 Å². The molecule has 106 valence electrons. The molecule has 0 saturated carbocycles. The number of nitrogens with one attached hydrogen (secondary N) is 1. The molecule has 0 spiro atoms. The SMILES string of the molecule is Cc1nn(C(C)C)c(NCC2CCSC2)c1[N+](=O)[O-]. The Balaban J connectivity index is 2.22. The van der Waals surface area contributed by atoms with E-state index in [1.165, 1.54) is 12.2 Å². The van der Waals surface area contributed by atoms with Crippen molar-refractivity contribution in [2.45, 2.75) is 33.2 Å². The smallest absolute Gasteiger partial charge is 0.333 e. The van der Waals surface area contributed by atoms with Crippen LogP contribution in [0.1, 0.15) is 32.0 Å². The van der Waals surface area contributed by atoms with Crippen molar-refractivity contribution in [1.29, 1.82) is 0 Å². The third-order valence-electron chi connectivity index (χ3n) is 3.31. The molecule has 1 aliphatic heterocycles. The number of thioether (sulfide) groups is 1. The summed E-state index contributed by atoms with van der Waals surface area (Å²) in [5, 5.41) is 18.7. The molecule has 0 aromatic carbocycles. The molecule has 0 amide bonds. The monoisotopic (exact) mass is 284 g/mol. The first kappa shape index (κ1) is 14.2. The van der Waals surface area contributed by atoms with Crippen LogP contribution in [0.25, 0.3) is 0 Å². The summed E-state index contributed by atoms with van der Waals surface area (Å²) in [6.07, 6.45) is 1.18. The van der Waals surface area contributed by atoms with Gasteiger partial charge in [-0.25, -0.2) is 4.68 Å². The molecular weight excluding hydrogens is 264 g/mol. The van der Waals surface area contributed by atoms with Crippen molar-refractivity contribution in [3.05, 3.63) is 15.8 Å². The predicted molar refractivity (Wildman–Crippen MR) is 77.9 cm³/mol. The predicted octanol–water partition coefficient (Wildman–Crippen LogP) is 2.85. The molecule has 1 aliphatic rings. The number of hydrogen-bond acceptors (Lipinski definition) is 5. The summed E-state index contributed by atoms with van der Waals surface area (Å²) in [5.74, 6) is 3.47. The zero-order valence-electron chi connectivity index (χ0n) is 11.5. The summed E-state index contributed by atoms with van der Waals surface area (Å²) in [5.41, 5.74) is 0.585. The Morgan fingerprint density at radius 1 is 1.63 bits per heavy atom. The first-order valence-corrected chi connectivity index (χ1v) is 7.71. The van der Waals surface area contributed by atoms with E-state index < -0.39 is 0 Å². The first-order chi connectivity index (χ1) is 9.00. The number of rotatable bonds is 5. The van der Waals surface area contributed by atoms with E-state index in [4.69, 9.17) is 0 Å². The summed E-state index contributed by atoms with van der Waals surface area (Å²) >= 11 is 1.95. The Morgan fingerprint density at radius 2 is 2.37 bits per heavy atom. The van der Waals surface area contributed by atoms with Crippen molar-refractivity contribution in [2.24, 2.45) is 5.92 Å². The van der Waals surface area contributed by atoms with Crippen LogP contribution in [0.3, 0.4) is 0 Å². The van der Waals surface area contributed by atoms with Crippen LogP contribution >= 0.6 is 11.8 Å². The Bertz CT molecular complexity index is 467. The zero-order valence-corrected chi connectivity index (χ0v) is 12.4. The number of aryl methyl sites for hydroxylation is 1. The van der Waals surface area contributed by atoms with E-state index in [1.807, 2.05) is 25.6 Å². The van der Waals surface area contributed by atoms with Gasteiger partial charge in [0.1, 0.15) is 5.69 Å². The van der Waals surface area contributed by atoms with Gasteiger partial charge in [-0.3, -0.25) is 10.1 Å². The highest BCUT2D eigenvalue weighted by Crippen LogP contribution is 2.31. The van der Waals surface area contributed by atoms with Crippen LogP contribution in [0.5, 0.6) is 0 Å². The Kier molecular flexibility index (Phi) is 4.34. The number of aromatic nitrogens is 2. The molecule has 2 rings (SSSR count). The molecule has 1 aromatic heterocycles. The molecule has 1 unspecified atom stereocenters. The highest BCUT2D eigenvalue weighted by Gasteiger charge is 2.27. The molecule has 1 N–H and O–H groups in total. The molecule has 1 saturated heterocycles. The van der Waals surface area contributed by atoms with Crippen LogP contribution in [0, 0.1) is 23.0 Å². The van der Waals surface area contributed by atoms with E-state index in [1.54, 1.807) is 11.6 Å². The molecule has 1 fully saturated rings. The maximum absolute atomic E-state index is 11.2. The fraction of sp³-hybridized carbons (Fsp3) is 0.750. The van der Waals surface area contributed by atoms with Gasteiger partial charge in [0.2, 0.25) is 5.82 Å². The molecule has 19 heavy (non-hydrogen) atoms. The lowest BCUT2D eigenvalue weighted by Crippen LogP contribution is -2.17. The molecule has 0 bridgehead atoms. The molecule has 2 heterocycles. The minimum absolute atomic E-state index is 0.104. The van der Waals surface area contributed by atoms with Gasteiger partial charge in [-0.2, -0.15) is 16.9 Å². The highest BCUT2D eigenvalue weighted by atomic mass is 32.2. The largest absolute Gasteiger partial charge is 0.364 e. The molecule has 0 radical (unpaired) electrons. The quantitative estimate of drug-likeness (QED) is 0.665. The normalized spacial score (nSPS) is 19.1. The van der Waals surface area contributed by atoms with Crippen molar-refractivity contribution < 1.29 is 4.92 Å². The lowest BCUT2D eigenvalue weighted by atomic mass is 10.1. The van der Waals surface area contributed by atoms with Crippen LogP contribution in [0.4, 0.5) is 11.5 Å². The lowest BCUT2D eigenvalue weighted by Gasteiger charge is -2.14. The van der Waals surface area contributed by atoms with Crippen molar-refractivity contribution in [2.75, 3.05) is 23.4 Å². The van der Waals surface area contributed by atoms with E-state index in [-0.39, 0.29) is 16.7 Å². The summed E-state index contributed by atoms with van der Waals surface area (Å²) in [6, 6.07) is 0.104. The Morgan fingerprint density at radius 3 is 2.89 bits per heavy atom. The van der Waals surface area contributed by atoms with Gasteiger partial charge in [-0.05, 0) is 44.6 Å². The first-order valence-electron chi connectivity index (χ1n) is 6.55. The van der Waals surface area contributed by atoms with Gasteiger partial charge in [0.25, 0.3) is 0 Å². The second-order valence-corrected chi connectivity index (χ2v) is 6.34. The second kappa shape index (κ2) is 5.81. The maximum Gasteiger partial charge on any atom is 0.333 e. The number of hydrogen-bond donors (Lipinski definition) is 1. The summed E-state index contributed by atoms with van der Waals surface area (Å²) in [6.45, 7) is 6.43. The average Bonchev–Trinajstić information content (AvgIpc) is 2.92. The van der Waals surface area contributed by atoms with Gasteiger partial charge in [-0.1, -0.05) is 0 Å². The van der Waals surface area contributed by atoms with Crippen LogP contribution in [-0.2, 0) is 0 Å². The van der Waals surface area contributed by atoms with Crippen molar-refractivity contribution in [3.63, 3.8) is 0 Å². The number of anilines is 1. The van der Waals surface area contributed by atoms with Gasteiger partial charge in [0, 0.05) is 12.6 Å². The van der Waals surface area contributed by atoms with Gasteiger partial charge in [-0.15, -0.1) is 0 Å². The zero-order chi connectivity index (χ0) is 14.0.